The molecular weight excluding hydrogens is 455 g/mol. The van der Waals surface area contributed by atoms with Gasteiger partial charge in [-0.15, -0.1) is 0 Å². The largest absolute Gasteiger partial charge is 0.351 e. The monoisotopic (exact) mass is 474 g/mol. The quantitative estimate of drug-likeness (QED) is 0.444. The molecule has 0 fully saturated rings. The summed E-state index contributed by atoms with van der Waals surface area (Å²) in [6.45, 7) is 0.836. The molecule has 35 heavy (non-hydrogen) atoms. The van der Waals surface area contributed by atoms with Crippen LogP contribution in [0.4, 0.5) is 4.39 Å². The fraction of sp³-hybridized carbons (Fsp3) is 0.167. The maximum Gasteiger partial charge on any atom is 0.351 e. The predicted octanol–water partition coefficient (Wildman–Crippen LogP) is 2.05. The Hall–Kier alpha value is -4.67. The summed E-state index contributed by atoms with van der Waals surface area (Å²) in [4.78, 5) is 43.8. The van der Waals surface area contributed by atoms with Crippen molar-refractivity contribution >= 4 is 11.5 Å². The van der Waals surface area contributed by atoms with E-state index < -0.39 is 23.0 Å². The van der Waals surface area contributed by atoms with Crippen LogP contribution >= 0.6 is 0 Å². The summed E-state index contributed by atoms with van der Waals surface area (Å²) in [5.41, 5.74) is 0.710. The van der Waals surface area contributed by atoms with Crippen molar-refractivity contribution in [2.75, 3.05) is 13.1 Å². The average Bonchev–Trinajstić information content (AvgIpc) is 3.38. The predicted molar refractivity (Wildman–Crippen MR) is 123 cm³/mol. The lowest BCUT2D eigenvalue weighted by molar-refractivity contribution is 0.0723. The van der Waals surface area contributed by atoms with E-state index in [0.29, 0.717) is 19.5 Å². The molecule has 10 nitrogen and oxygen atoms in total. The van der Waals surface area contributed by atoms with Crippen LogP contribution in [-0.4, -0.2) is 48.4 Å². The van der Waals surface area contributed by atoms with E-state index >= 15 is 0 Å². The second-order valence-electron chi connectivity index (χ2n) is 7.90. The molecule has 4 aromatic rings. The number of hydrogen-bond donors (Lipinski definition) is 0. The Labute approximate surface area is 197 Å². The molecule has 0 unspecified atom stereocenters. The molecule has 0 radical (unpaired) electrons. The van der Waals surface area contributed by atoms with Gasteiger partial charge in [-0.2, -0.15) is 14.8 Å². The van der Waals surface area contributed by atoms with Crippen LogP contribution in [0.5, 0.6) is 0 Å². The van der Waals surface area contributed by atoms with Crippen molar-refractivity contribution < 1.29 is 13.7 Å². The third kappa shape index (κ3) is 4.19. The minimum atomic E-state index is -0.762. The van der Waals surface area contributed by atoms with Crippen LogP contribution in [-0.2, 0) is 7.05 Å². The lowest BCUT2D eigenvalue weighted by Gasteiger charge is -2.25. The first-order chi connectivity index (χ1) is 16.9. The number of benzene rings is 2. The van der Waals surface area contributed by atoms with Gasteiger partial charge in [-0.3, -0.25) is 14.2 Å². The van der Waals surface area contributed by atoms with E-state index in [1.807, 2.05) is 36.4 Å². The van der Waals surface area contributed by atoms with Gasteiger partial charge in [0.05, 0.1) is 5.69 Å². The molecule has 0 saturated carbocycles. The summed E-state index contributed by atoms with van der Waals surface area (Å²) < 4.78 is 20.2. The van der Waals surface area contributed by atoms with E-state index in [1.165, 1.54) is 19.2 Å². The van der Waals surface area contributed by atoms with Crippen LogP contribution in [0.1, 0.15) is 22.7 Å². The Balaban J connectivity index is 1.42. The first-order valence-corrected chi connectivity index (χ1v) is 10.8. The molecular formula is C24H19FN6O4. The van der Waals surface area contributed by atoms with Crippen LogP contribution in [0, 0.1) is 5.82 Å². The second-order valence-corrected chi connectivity index (χ2v) is 7.90. The highest BCUT2D eigenvalue weighted by molar-refractivity contribution is 5.90. The third-order valence-electron chi connectivity index (χ3n) is 5.71. The summed E-state index contributed by atoms with van der Waals surface area (Å²) in [5.74, 6) is -1.49. The maximum atomic E-state index is 13.3. The van der Waals surface area contributed by atoms with Gasteiger partial charge in [0.25, 0.3) is 5.56 Å². The van der Waals surface area contributed by atoms with Gasteiger partial charge < -0.3 is 9.42 Å². The summed E-state index contributed by atoms with van der Waals surface area (Å²) >= 11 is 0. The third-order valence-corrected chi connectivity index (χ3v) is 5.71. The molecule has 0 saturated heterocycles. The van der Waals surface area contributed by atoms with Crippen molar-refractivity contribution in [3.63, 3.8) is 0 Å². The fourth-order valence-corrected chi connectivity index (χ4v) is 3.77. The minimum Gasteiger partial charge on any atom is -0.330 e. The van der Waals surface area contributed by atoms with E-state index in [2.05, 4.69) is 15.2 Å². The molecule has 11 heteroatoms. The van der Waals surface area contributed by atoms with Gasteiger partial charge in [0.1, 0.15) is 5.82 Å². The van der Waals surface area contributed by atoms with Gasteiger partial charge in [-0.25, -0.2) is 9.18 Å². The van der Waals surface area contributed by atoms with Gasteiger partial charge >= 0.3 is 17.5 Å². The zero-order chi connectivity index (χ0) is 24.5. The smallest absolute Gasteiger partial charge is 0.330 e. The molecule has 0 bridgehead atoms. The molecule has 1 aliphatic heterocycles. The molecule has 3 heterocycles. The summed E-state index contributed by atoms with van der Waals surface area (Å²) in [5, 5.41) is 7.81. The summed E-state index contributed by atoms with van der Waals surface area (Å²) in [6, 6.07) is 14.9. The first-order valence-electron chi connectivity index (χ1n) is 10.8. The standard InChI is InChI=1S/C24H19FN6O4/c1-29-22(32)19(27-31(24(29)34)18-9-7-17(25)8-10-18)20-26-21(35-28-20)23(33)30-13-11-16(12-14-30)15-5-3-2-4-6-15/h2-11H,12-14H2,1H3. The highest BCUT2D eigenvalue weighted by Gasteiger charge is 2.26. The van der Waals surface area contributed by atoms with Crippen LogP contribution in [0.2, 0.25) is 0 Å². The highest BCUT2D eigenvalue weighted by atomic mass is 19.1. The summed E-state index contributed by atoms with van der Waals surface area (Å²) in [7, 11) is 1.27. The van der Waals surface area contributed by atoms with Crippen LogP contribution < -0.4 is 11.2 Å². The first kappa shape index (κ1) is 22.1. The van der Waals surface area contributed by atoms with Crippen molar-refractivity contribution in [1.82, 2.24) is 29.4 Å². The van der Waals surface area contributed by atoms with Crippen LogP contribution in [0.15, 0.2) is 74.8 Å². The Bertz CT molecular complexity index is 1550. The van der Waals surface area contributed by atoms with Crippen molar-refractivity contribution in [2.24, 2.45) is 7.05 Å². The number of carbonyl (C=O) groups excluding carboxylic acids is 1. The number of aromatic nitrogens is 5. The Morgan fingerprint density at radius 3 is 2.49 bits per heavy atom. The van der Waals surface area contributed by atoms with Gasteiger partial charge in [-0.05, 0) is 41.8 Å². The minimum absolute atomic E-state index is 0.234. The average molecular weight is 474 g/mol. The number of hydrogen-bond acceptors (Lipinski definition) is 7. The van der Waals surface area contributed by atoms with E-state index in [0.717, 1.165) is 32.5 Å². The van der Waals surface area contributed by atoms with E-state index in [1.54, 1.807) is 4.90 Å². The lowest BCUT2D eigenvalue weighted by atomic mass is 9.99. The lowest BCUT2D eigenvalue weighted by Crippen LogP contribution is -2.40. The molecule has 2 aromatic heterocycles. The Kier molecular flexibility index (Phi) is 5.65. The molecule has 0 spiro atoms. The zero-order valence-corrected chi connectivity index (χ0v) is 18.6. The molecule has 0 N–H and O–H groups in total. The van der Waals surface area contributed by atoms with E-state index in [-0.39, 0.29) is 23.1 Å². The van der Waals surface area contributed by atoms with Crippen molar-refractivity contribution in [2.45, 2.75) is 6.42 Å². The number of carbonyl (C=O) groups is 1. The Morgan fingerprint density at radius 2 is 1.80 bits per heavy atom. The van der Waals surface area contributed by atoms with E-state index in [9.17, 15) is 18.8 Å². The molecule has 1 aliphatic rings. The highest BCUT2D eigenvalue weighted by Crippen LogP contribution is 2.23. The second kappa shape index (κ2) is 8.93. The number of rotatable bonds is 4. The van der Waals surface area contributed by atoms with Gasteiger partial charge in [0.15, 0.2) is 5.69 Å². The van der Waals surface area contributed by atoms with Crippen LogP contribution in [0.3, 0.4) is 0 Å². The van der Waals surface area contributed by atoms with Gasteiger partial charge in [0, 0.05) is 20.1 Å². The molecule has 2 aromatic carbocycles. The molecule has 0 aliphatic carbocycles. The van der Waals surface area contributed by atoms with Gasteiger partial charge in [0.2, 0.25) is 5.82 Å². The summed E-state index contributed by atoms with van der Waals surface area (Å²) in [6.07, 6.45) is 2.64. The van der Waals surface area contributed by atoms with E-state index in [4.69, 9.17) is 4.52 Å². The number of halogens is 1. The molecule has 0 atom stereocenters. The van der Waals surface area contributed by atoms with Crippen molar-refractivity contribution in [3.05, 3.63) is 98.8 Å². The van der Waals surface area contributed by atoms with Gasteiger partial charge in [-0.1, -0.05) is 41.6 Å². The van der Waals surface area contributed by atoms with Crippen LogP contribution in [0.25, 0.3) is 22.8 Å². The fourth-order valence-electron chi connectivity index (χ4n) is 3.77. The molecule has 176 valence electrons. The topological polar surface area (TPSA) is 116 Å². The number of amides is 1. The van der Waals surface area contributed by atoms with Crippen molar-refractivity contribution in [1.29, 1.82) is 0 Å². The SMILES string of the molecule is Cn1c(=O)c(-c2noc(C(=O)N3CC=C(c4ccccc4)CC3)n2)nn(-c2ccc(F)cc2)c1=O. The van der Waals surface area contributed by atoms with Crippen molar-refractivity contribution in [3.8, 4) is 17.2 Å². The molecule has 1 amide bonds. The number of nitrogens with zero attached hydrogens (tertiary/aromatic N) is 6. The Morgan fingerprint density at radius 1 is 1.06 bits per heavy atom. The normalized spacial score (nSPS) is 13.5. The zero-order valence-electron chi connectivity index (χ0n) is 18.6. The molecule has 5 rings (SSSR count). The maximum absolute atomic E-state index is 13.3.